The minimum absolute atomic E-state index is 0.243. The predicted octanol–water partition coefficient (Wildman–Crippen LogP) is 2.20. The van der Waals surface area contributed by atoms with Crippen LogP contribution < -0.4 is 10.6 Å². The molecule has 138 valence electrons. The number of rotatable bonds is 11. The van der Waals surface area contributed by atoms with Gasteiger partial charge in [-0.3, -0.25) is 4.99 Å². The molecule has 0 fully saturated rings. The van der Waals surface area contributed by atoms with Crippen molar-refractivity contribution in [1.29, 1.82) is 5.26 Å². The van der Waals surface area contributed by atoms with Crippen LogP contribution in [0.3, 0.4) is 0 Å². The number of guanidine groups is 1. The lowest BCUT2D eigenvalue weighted by molar-refractivity contribution is 0.0487. The maximum absolute atomic E-state index is 13.7. The Morgan fingerprint density at radius 1 is 1.20 bits per heavy atom. The van der Waals surface area contributed by atoms with Crippen LogP contribution in [0.2, 0.25) is 0 Å². The van der Waals surface area contributed by atoms with Gasteiger partial charge in [-0.2, -0.15) is 5.26 Å². The van der Waals surface area contributed by atoms with Gasteiger partial charge < -0.3 is 20.1 Å². The molecule has 0 aliphatic rings. The van der Waals surface area contributed by atoms with E-state index in [2.05, 4.69) is 22.5 Å². The van der Waals surface area contributed by atoms with Gasteiger partial charge in [-0.15, -0.1) is 0 Å². The Morgan fingerprint density at radius 2 is 1.96 bits per heavy atom. The second kappa shape index (κ2) is 13.2. The number of unbranched alkanes of at least 4 members (excludes halogenated alkanes) is 1. The van der Waals surface area contributed by atoms with Crippen molar-refractivity contribution in [3.05, 3.63) is 35.1 Å². The van der Waals surface area contributed by atoms with Crippen LogP contribution in [0.5, 0.6) is 0 Å². The smallest absolute Gasteiger partial charge is 0.191 e. The number of aliphatic imine (C=N–C) groups is 1. The molecule has 1 rings (SSSR count). The lowest BCUT2D eigenvalue weighted by atomic mass is 10.1. The van der Waals surface area contributed by atoms with Gasteiger partial charge in [-0.1, -0.05) is 13.3 Å². The maximum atomic E-state index is 13.7. The van der Waals surface area contributed by atoms with Gasteiger partial charge in [-0.25, -0.2) is 4.39 Å². The fraction of sp³-hybridized carbons (Fsp3) is 0.556. The Kier molecular flexibility index (Phi) is 11.0. The number of nitrogens with zero attached hydrogens (tertiary/aromatic N) is 2. The van der Waals surface area contributed by atoms with Crippen molar-refractivity contribution in [2.75, 3.05) is 40.0 Å². The van der Waals surface area contributed by atoms with Gasteiger partial charge >= 0.3 is 0 Å². The van der Waals surface area contributed by atoms with E-state index in [-0.39, 0.29) is 12.4 Å². The molecule has 2 N–H and O–H groups in total. The largest absolute Gasteiger partial charge is 0.379 e. The van der Waals surface area contributed by atoms with Gasteiger partial charge in [0.1, 0.15) is 5.82 Å². The Bertz CT molecular complexity index is 573. The first-order chi connectivity index (χ1) is 12.2. The second-order valence-electron chi connectivity index (χ2n) is 5.35. The van der Waals surface area contributed by atoms with Crippen LogP contribution in [0.25, 0.3) is 0 Å². The third-order valence-corrected chi connectivity index (χ3v) is 3.40. The SMILES string of the molecule is CCCCOCCOCCNC(=NC)NCc1cc(C#N)ccc1F. The fourth-order valence-electron chi connectivity index (χ4n) is 1.99. The summed E-state index contributed by atoms with van der Waals surface area (Å²) in [6.45, 7) is 5.41. The number of nitriles is 1. The molecule has 0 atom stereocenters. The van der Waals surface area contributed by atoms with Crippen LogP contribution in [-0.4, -0.2) is 46.0 Å². The van der Waals surface area contributed by atoms with Crippen LogP contribution in [0.1, 0.15) is 30.9 Å². The Labute approximate surface area is 149 Å². The normalized spacial score (nSPS) is 11.2. The van der Waals surface area contributed by atoms with Crippen LogP contribution >= 0.6 is 0 Å². The summed E-state index contributed by atoms with van der Waals surface area (Å²) in [5, 5.41) is 15.0. The molecule has 0 amide bonds. The van der Waals surface area contributed by atoms with E-state index in [4.69, 9.17) is 14.7 Å². The van der Waals surface area contributed by atoms with E-state index < -0.39 is 0 Å². The lowest BCUT2D eigenvalue weighted by Gasteiger charge is -2.12. The quantitative estimate of drug-likeness (QED) is 0.363. The van der Waals surface area contributed by atoms with Crippen molar-refractivity contribution in [3.8, 4) is 6.07 Å². The molecule has 25 heavy (non-hydrogen) atoms. The molecule has 0 unspecified atom stereocenters. The molecule has 0 aliphatic heterocycles. The molecule has 0 saturated heterocycles. The number of hydrogen-bond acceptors (Lipinski definition) is 4. The molecule has 0 aliphatic carbocycles. The van der Waals surface area contributed by atoms with Crippen molar-refractivity contribution in [1.82, 2.24) is 10.6 Å². The number of nitrogens with one attached hydrogen (secondary N) is 2. The first-order valence-electron chi connectivity index (χ1n) is 8.49. The summed E-state index contributed by atoms with van der Waals surface area (Å²) in [6, 6.07) is 6.27. The van der Waals surface area contributed by atoms with E-state index >= 15 is 0 Å². The Morgan fingerprint density at radius 3 is 2.64 bits per heavy atom. The van der Waals surface area contributed by atoms with E-state index in [0.717, 1.165) is 19.4 Å². The summed E-state index contributed by atoms with van der Waals surface area (Å²) in [5.74, 6) is 0.193. The van der Waals surface area contributed by atoms with E-state index in [0.29, 0.717) is 43.5 Å². The van der Waals surface area contributed by atoms with Crippen molar-refractivity contribution in [2.45, 2.75) is 26.3 Å². The fourth-order valence-corrected chi connectivity index (χ4v) is 1.99. The molecule has 6 nitrogen and oxygen atoms in total. The Hall–Kier alpha value is -2.17. The molecule has 0 saturated carbocycles. The number of hydrogen-bond donors (Lipinski definition) is 2. The third-order valence-electron chi connectivity index (χ3n) is 3.40. The average molecular weight is 350 g/mol. The number of benzene rings is 1. The summed E-state index contributed by atoms with van der Waals surface area (Å²) in [6.07, 6.45) is 2.20. The van der Waals surface area contributed by atoms with Gasteiger partial charge in [0, 0.05) is 32.3 Å². The van der Waals surface area contributed by atoms with Gasteiger partial charge in [0.05, 0.1) is 31.5 Å². The van der Waals surface area contributed by atoms with Gasteiger partial charge in [0.15, 0.2) is 5.96 Å². The number of ether oxygens (including phenoxy) is 2. The molecule has 1 aromatic carbocycles. The van der Waals surface area contributed by atoms with Crippen molar-refractivity contribution < 1.29 is 13.9 Å². The molecule has 0 bridgehead atoms. The highest BCUT2D eigenvalue weighted by molar-refractivity contribution is 5.79. The first-order valence-corrected chi connectivity index (χ1v) is 8.49. The Balaban J connectivity index is 2.20. The molecule has 0 heterocycles. The molecule has 7 heteroatoms. The zero-order valence-electron chi connectivity index (χ0n) is 15.0. The molecular weight excluding hydrogens is 323 g/mol. The topological polar surface area (TPSA) is 78.7 Å². The minimum Gasteiger partial charge on any atom is -0.379 e. The van der Waals surface area contributed by atoms with Crippen molar-refractivity contribution in [3.63, 3.8) is 0 Å². The summed E-state index contributed by atoms with van der Waals surface area (Å²) >= 11 is 0. The van der Waals surface area contributed by atoms with Crippen LogP contribution in [-0.2, 0) is 16.0 Å². The highest BCUT2D eigenvalue weighted by atomic mass is 19.1. The van der Waals surface area contributed by atoms with E-state index in [1.54, 1.807) is 7.05 Å². The third kappa shape index (κ3) is 9.03. The highest BCUT2D eigenvalue weighted by Crippen LogP contribution is 2.09. The van der Waals surface area contributed by atoms with Gasteiger partial charge in [0.25, 0.3) is 0 Å². The molecule has 0 aromatic heterocycles. The summed E-state index contributed by atoms with van der Waals surface area (Å²) in [7, 11) is 1.64. The molecular formula is C18H27FN4O2. The van der Waals surface area contributed by atoms with Crippen molar-refractivity contribution in [2.24, 2.45) is 4.99 Å². The minimum atomic E-state index is -0.353. The maximum Gasteiger partial charge on any atom is 0.191 e. The predicted molar refractivity (Wildman–Crippen MR) is 95.9 cm³/mol. The second-order valence-corrected chi connectivity index (χ2v) is 5.35. The van der Waals surface area contributed by atoms with E-state index in [1.807, 2.05) is 6.07 Å². The lowest BCUT2D eigenvalue weighted by Crippen LogP contribution is -2.38. The van der Waals surface area contributed by atoms with E-state index in [9.17, 15) is 4.39 Å². The average Bonchev–Trinajstić information content (AvgIpc) is 2.64. The zero-order valence-corrected chi connectivity index (χ0v) is 15.0. The number of halogens is 1. The molecule has 0 spiro atoms. The molecule has 1 aromatic rings. The highest BCUT2D eigenvalue weighted by Gasteiger charge is 2.05. The van der Waals surface area contributed by atoms with E-state index in [1.165, 1.54) is 18.2 Å². The summed E-state index contributed by atoms with van der Waals surface area (Å²) < 4.78 is 24.6. The van der Waals surface area contributed by atoms with Crippen LogP contribution in [0.4, 0.5) is 4.39 Å². The standard InChI is InChI=1S/C18H27FN4O2/c1-3-4-8-24-10-11-25-9-7-22-18(21-2)23-14-16-12-15(13-20)5-6-17(16)19/h5-6,12H,3-4,7-11,14H2,1-2H3,(H2,21,22,23). The van der Waals surface area contributed by atoms with Crippen molar-refractivity contribution >= 4 is 5.96 Å². The summed E-state index contributed by atoms with van der Waals surface area (Å²) in [4.78, 5) is 4.07. The monoisotopic (exact) mass is 350 g/mol. The van der Waals surface area contributed by atoms with Gasteiger partial charge in [0.2, 0.25) is 0 Å². The summed E-state index contributed by atoms with van der Waals surface area (Å²) in [5.41, 5.74) is 0.846. The van der Waals surface area contributed by atoms with Gasteiger partial charge in [-0.05, 0) is 24.6 Å². The zero-order chi connectivity index (χ0) is 18.3. The first kappa shape index (κ1) is 20.9. The van der Waals surface area contributed by atoms with Crippen LogP contribution in [0, 0.1) is 17.1 Å². The van der Waals surface area contributed by atoms with Crippen LogP contribution in [0.15, 0.2) is 23.2 Å². The molecule has 0 radical (unpaired) electrons.